The van der Waals surface area contributed by atoms with Crippen LogP contribution in [0.4, 0.5) is 5.69 Å². The van der Waals surface area contributed by atoms with Crippen molar-refractivity contribution in [3.05, 3.63) is 101 Å². The molecule has 1 aromatic heterocycles. The van der Waals surface area contributed by atoms with Crippen LogP contribution in [0, 0.1) is 6.92 Å². The van der Waals surface area contributed by atoms with Crippen LogP contribution in [0.2, 0.25) is 5.15 Å². The number of anilines is 1. The van der Waals surface area contributed by atoms with Gasteiger partial charge in [-0.3, -0.25) is 9.52 Å². The molecule has 2 N–H and O–H groups in total. The lowest BCUT2D eigenvalue weighted by Crippen LogP contribution is -2.18. The summed E-state index contributed by atoms with van der Waals surface area (Å²) in [6, 6.07) is 21.9. The van der Waals surface area contributed by atoms with E-state index in [0.29, 0.717) is 16.8 Å². The molecule has 7 nitrogen and oxygen atoms in total. The number of para-hydroxylation sites is 1. The van der Waals surface area contributed by atoms with E-state index >= 15 is 0 Å². The first-order chi connectivity index (χ1) is 15.8. The topological polar surface area (TPSA) is 101 Å². The van der Waals surface area contributed by atoms with E-state index in [0.717, 1.165) is 16.5 Å². The molecular weight excluding hydrogens is 460 g/mol. The lowest BCUT2D eigenvalue weighted by atomic mass is 10.2. The third-order valence-electron chi connectivity index (χ3n) is 4.80. The molecule has 0 atom stereocenters. The van der Waals surface area contributed by atoms with E-state index < -0.39 is 15.9 Å². The van der Waals surface area contributed by atoms with Gasteiger partial charge < -0.3 is 0 Å². The summed E-state index contributed by atoms with van der Waals surface area (Å²) in [6.45, 7) is 1.88. The van der Waals surface area contributed by atoms with Crippen LogP contribution in [0.3, 0.4) is 0 Å². The lowest BCUT2D eigenvalue weighted by Gasteiger charge is -2.09. The Morgan fingerprint density at radius 2 is 1.70 bits per heavy atom. The highest BCUT2D eigenvalue weighted by Gasteiger charge is 2.14. The molecule has 1 heterocycles. The van der Waals surface area contributed by atoms with Crippen molar-refractivity contribution in [2.24, 2.45) is 5.10 Å². The molecule has 9 heteroatoms. The second kappa shape index (κ2) is 9.40. The van der Waals surface area contributed by atoms with Crippen molar-refractivity contribution < 1.29 is 13.2 Å². The van der Waals surface area contributed by atoms with Crippen LogP contribution in [-0.4, -0.2) is 25.5 Å². The average molecular weight is 479 g/mol. The Hall–Kier alpha value is -3.75. The zero-order valence-electron chi connectivity index (χ0n) is 17.5. The third kappa shape index (κ3) is 5.36. The maximum atomic E-state index is 12.5. The first-order valence-corrected chi connectivity index (χ1v) is 11.8. The van der Waals surface area contributed by atoms with Gasteiger partial charge in [0.2, 0.25) is 0 Å². The number of aryl methyl sites for hydroxylation is 1. The van der Waals surface area contributed by atoms with Gasteiger partial charge in [-0.25, -0.2) is 18.8 Å². The predicted octanol–water partition coefficient (Wildman–Crippen LogP) is 4.76. The second-order valence-corrected chi connectivity index (χ2v) is 9.30. The van der Waals surface area contributed by atoms with E-state index in [1.807, 2.05) is 37.3 Å². The molecule has 0 fully saturated rings. The van der Waals surface area contributed by atoms with Gasteiger partial charge in [0.05, 0.1) is 16.6 Å². The molecule has 4 rings (SSSR count). The summed E-state index contributed by atoms with van der Waals surface area (Å²) in [5.41, 5.74) is 5.37. The van der Waals surface area contributed by atoms with Crippen molar-refractivity contribution in [1.82, 2.24) is 10.4 Å². The van der Waals surface area contributed by atoms with Crippen molar-refractivity contribution in [2.45, 2.75) is 11.8 Å². The minimum Gasteiger partial charge on any atom is -0.280 e. The van der Waals surface area contributed by atoms with Gasteiger partial charge in [0, 0.05) is 22.2 Å². The molecule has 166 valence electrons. The largest absolute Gasteiger partial charge is 0.280 e. The lowest BCUT2D eigenvalue weighted by molar-refractivity contribution is 0.0955. The average Bonchev–Trinajstić information content (AvgIpc) is 2.80. The molecule has 0 aliphatic heterocycles. The number of rotatable bonds is 6. The van der Waals surface area contributed by atoms with Gasteiger partial charge in [0.1, 0.15) is 5.15 Å². The summed E-state index contributed by atoms with van der Waals surface area (Å²) in [7, 11) is -3.72. The fourth-order valence-corrected chi connectivity index (χ4v) is 4.30. The Bertz CT molecular complexity index is 1450. The zero-order valence-corrected chi connectivity index (χ0v) is 19.1. The van der Waals surface area contributed by atoms with Crippen molar-refractivity contribution >= 4 is 50.3 Å². The van der Waals surface area contributed by atoms with Gasteiger partial charge in [-0.15, -0.1) is 0 Å². The number of nitrogens with zero attached hydrogens (tertiary/aromatic N) is 2. The summed E-state index contributed by atoms with van der Waals surface area (Å²) < 4.78 is 27.5. The Kier molecular flexibility index (Phi) is 6.39. The summed E-state index contributed by atoms with van der Waals surface area (Å²) in [6.07, 6.45) is 1.42. The number of hydrogen-bond donors (Lipinski definition) is 2. The Labute approximate surface area is 196 Å². The van der Waals surface area contributed by atoms with E-state index in [9.17, 15) is 13.2 Å². The number of nitrogens with one attached hydrogen (secondary N) is 2. The van der Waals surface area contributed by atoms with E-state index in [1.54, 1.807) is 12.1 Å². The number of sulfonamides is 1. The number of aromatic nitrogens is 1. The minimum atomic E-state index is -3.72. The smallest absolute Gasteiger partial charge is 0.271 e. The number of carbonyl (C=O) groups is 1. The molecule has 0 aliphatic rings. The SMILES string of the molecule is Cc1ccc(S(=O)(=O)Nc2ccc(C(=O)NN=Cc3cc4ccccc4nc3Cl)cc2)cc1. The molecule has 0 saturated heterocycles. The molecule has 0 saturated carbocycles. The van der Waals surface area contributed by atoms with Crippen LogP contribution < -0.4 is 10.1 Å². The summed E-state index contributed by atoms with van der Waals surface area (Å²) in [5.74, 6) is -0.455. The zero-order chi connectivity index (χ0) is 23.4. The maximum absolute atomic E-state index is 12.5. The number of carbonyl (C=O) groups excluding carboxylic acids is 1. The molecule has 0 radical (unpaired) electrons. The third-order valence-corrected chi connectivity index (χ3v) is 6.50. The summed E-state index contributed by atoms with van der Waals surface area (Å²) in [5, 5.41) is 5.13. The minimum absolute atomic E-state index is 0.158. The monoisotopic (exact) mass is 478 g/mol. The van der Waals surface area contributed by atoms with Crippen LogP contribution in [0.1, 0.15) is 21.5 Å². The molecule has 1 amide bonds. The standard InChI is InChI=1S/C24H19ClN4O3S/c1-16-6-12-21(13-7-16)33(31,32)29-20-10-8-17(9-11-20)24(30)28-26-15-19-14-18-4-2-3-5-22(18)27-23(19)25/h2-15,29H,1H3,(H,28,30). The highest BCUT2D eigenvalue weighted by atomic mass is 35.5. The molecular formula is C24H19ClN4O3S. The quantitative estimate of drug-likeness (QED) is 0.237. The van der Waals surface area contributed by atoms with Gasteiger partial charge in [-0.05, 0) is 55.5 Å². The summed E-state index contributed by atoms with van der Waals surface area (Å²) >= 11 is 6.19. The second-order valence-electron chi connectivity index (χ2n) is 7.26. The number of hydrazone groups is 1. The van der Waals surface area contributed by atoms with Gasteiger partial charge in [-0.2, -0.15) is 5.10 Å². The normalized spacial score (nSPS) is 11.6. The van der Waals surface area contributed by atoms with E-state index in [1.165, 1.54) is 42.6 Å². The van der Waals surface area contributed by atoms with Gasteiger partial charge in [0.15, 0.2) is 0 Å². The number of halogens is 1. The molecule has 0 bridgehead atoms. The van der Waals surface area contributed by atoms with E-state index in [4.69, 9.17) is 11.6 Å². The Morgan fingerprint density at radius 1 is 1.00 bits per heavy atom. The molecule has 4 aromatic rings. The number of hydrogen-bond acceptors (Lipinski definition) is 5. The maximum Gasteiger partial charge on any atom is 0.271 e. The Balaban J connectivity index is 1.41. The number of benzene rings is 3. The molecule has 0 aliphatic carbocycles. The number of amides is 1. The van der Waals surface area contributed by atoms with Crippen molar-refractivity contribution in [3.63, 3.8) is 0 Å². The molecule has 0 spiro atoms. The van der Waals surface area contributed by atoms with Gasteiger partial charge in [-0.1, -0.05) is 47.5 Å². The van der Waals surface area contributed by atoms with Crippen molar-refractivity contribution in [2.75, 3.05) is 4.72 Å². The van der Waals surface area contributed by atoms with E-state index in [-0.39, 0.29) is 10.0 Å². The van der Waals surface area contributed by atoms with Crippen LogP contribution in [0.5, 0.6) is 0 Å². The fourth-order valence-electron chi connectivity index (χ4n) is 3.05. The van der Waals surface area contributed by atoms with Crippen LogP contribution >= 0.6 is 11.6 Å². The summed E-state index contributed by atoms with van der Waals surface area (Å²) in [4.78, 5) is 16.8. The first-order valence-electron chi connectivity index (χ1n) is 9.90. The highest BCUT2D eigenvalue weighted by Crippen LogP contribution is 2.19. The number of fused-ring (bicyclic) bond motifs is 1. The predicted molar refractivity (Wildman–Crippen MR) is 130 cm³/mol. The van der Waals surface area contributed by atoms with Crippen molar-refractivity contribution in [1.29, 1.82) is 0 Å². The molecule has 33 heavy (non-hydrogen) atoms. The van der Waals surface area contributed by atoms with Crippen molar-refractivity contribution in [3.8, 4) is 0 Å². The van der Waals surface area contributed by atoms with Crippen LogP contribution in [-0.2, 0) is 10.0 Å². The molecule has 3 aromatic carbocycles. The molecule has 0 unspecified atom stereocenters. The number of pyridine rings is 1. The van der Waals surface area contributed by atoms with Gasteiger partial charge >= 0.3 is 0 Å². The van der Waals surface area contributed by atoms with Gasteiger partial charge in [0.25, 0.3) is 15.9 Å². The fraction of sp³-hybridized carbons (Fsp3) is 0.0417. The van der Waals surface area contributed by atoms with Crippen LogP contribution in [0.25, 0.3) is 10.9 Å². The van der Waals surface area contributed by atoms with Crippen LogP contribution in [0.15, 0.2) is 88.9 Å². The first kappa shape index (κ1) is 22.4. The Morgan fingerprint density at radius 3 is 2.42 bits per heavy atom. The van der Waals surface area contributed by atoms with E-state index in [2.05, 4.69) is 20.2 Å². The highest BCUT2D eigenvalue weighted by molar-refractivity contribution is 7.92.